The minimum absolute atomic E-state index is 0.255. The summed E-state index contributed by atoms with van der Waals surface area (Å²) in [5.41, 5.74) is -0.308. The van der Waals surface area contributed by atoms with Crippen molar-refractivity contribution in [3.05, 3.63) is 6.92 Å². The van der Waals surface area contributed by atoms with Crippen LogP contribution in [0.1, 0.15) is 13.3 Å². The molecule has 1 radical (unpaired) electrons. The van der Waals surface area contributed by atoms with Gasteiger partial charge in [-0.05, 0) is 6.92 Å². The lowest BCUT2D eigenvalue weighted by Crippen LogP contribution is -2.24. The van der Waals surface area contributed by atoms with Crippen LogP contribution in [0, 0.1) is 12.3 Å². The molecule has 0 fully saturated rings. The Hall–Kier alpha value is -0.700. The molecule has 0 aliphatic rings. The normalized spacial score (nSPS) is 12.8. The summed E-state index contributed by atoms with van der Waals surface area (Å²) >= 11 is 0. The van der Waals surface area contributed by atoms with Crippen molar-refractivity contribution in [2.24, 2.45) is 0 Å². The van der Waals surface area contributed by atoms with Gasteiger partial charge in [0.15, 0.2) is 5.78 Å². The molecule has 3 nitrogen and oxygen atoms in total. The molecule has 0 aromatic rings. The zero-order chi connectivity index (χ0) is 7.44. The Labute approximate surface area is 54.2 Å². The smallest absolute Gasteiger partial charge is 0.178 e. The van der Waals surface area contributed by atoms with Crippen molar-refractivity contribution in [1.29, 1.82) is 5.41 Å². The van der Waals surface area contributed by atoms with E-state index < -0.39 is 6.10 Å². The van der Waals surface area contributed by atoms with Gasteiger partial charge in [0.2, 0.25) is 0 Å². The topological polar surface area (TPSA) is 61.1 Å². The number of hydrogen-bond donors (Lipinski definition) is 2. The summed E-state index contributed by atoms with van der Waals surface area (Å²) in [6.45, 7) is 4.76. The molecule has 2 N–H and O–H groups in total. The Morgan fingerprint density at radius 2 is 2.33 bits per heavy atom. The third-order valence-corrected chi connectivity index (χ3v) is 0.955. The van der Waals surface area contributed by atoms with Gasteiger partial charge in [0, 0.05) is 6.42 Å². The van der Waals surface area contributed by atoms with Crippen LogP contribution in [0.5, 0.6) is 0 Å². The monoisotopic (exact) mass is 128 g/mol. The van der Waals surface area contributed by atoms with Gasteiger partial charge in [-0.1, -0.05) is 6.92 Å². The van der Waals surface area contributed by atoms with Crippen LogP contribution in [-0.4, -0.2) is 22.7 Å². The first-order valence-corrected chi connectivity index (χ1v) is 2.72. The third kappa shape index (κ3) is 2.37. The number of aliphatic hydroxyl groups excluding tert-OH is 1. The molecule has 51 valence electrons. The van der Waals surface area contributed by atoms with Crippen molar-refractivity contribution in [3.8, 4) is 0 Å². The van der Waals surface area contributed by atoms with E-state index in [9.17, 15) is 4.79 Å². The molecule has 0 rings (SSSR count). The predicted octanol–water partition coefficient (Wildman–Crippen LogP) is 0.180. The summed E-state index contributed by atoms with van der Waals surface area (Å²) < 4.78 is 0. The molecular formula is C6H10NO2. The van der Waals surface area contributed by atoms with Gasteiger partial charge in [0.1, 0.15) is 5.71 Å². The van der Waals surface area contributed by atoms with Crippen molar-refractivity contribution in [2.45, 2.75) is 19.4 Å². The highest BCUT2D eigenvalue weighted by atomic mass is 16.3. The number of aliphatic hydroxyl groups is 1. The number of rotatable bonds is 3. The van der Waals surface area contributed by atoms with E-state index in [2.05, 4.69) is 6.92 Å². The number of Topliss-reactive ketones (excluding diaryl/α,β-unsaturated/α-hetero) is 1. The van der Waals surface area contributed by atoms with Gasteiger partial charge < -0.3 is 5.11 Å². The SMILES string of the molecule is [CH2]C(O)C(=N)C(=O)CC. The summed E-state index contributed by atoms with van der Waals surface area (Å²) in [4.78, 5) is 10.5. The number of nitrogens with one attached hydrogen (secondary N) is 1. The molecule has 0 spiro atoms. The summed E-state index contributed by atoms with van der Waals surface area (Å²) in [7, 11) is 0. The van der Waals surface area contributed by atoms with Crippen LogP contribution in [0.4, 0.5) is 0 Å². The Kier molecular flexibility index (Phi) is 3.09. The molecule has 0 bridgehead atoms. The van der Waals surface area contributed by atoms with Crippen LogP contribution in [0.3, 0.4) is 0 Å². The average Bonchev–Trinajstić information content (AvgIpc) is 1.84. The van der Waals surface area contributed by atoms with E-state index in [1.54, 1.807) is 6.92 Å². The lowest BCUT2D eigenvalue weighted by molar-refractivity contribution is -0.113. The first kappa shape index (κ1) is 8.30. The molecule has 0 aliphatic heterocycles. The number of hydrogen-bond acceptors (Lipinski definition) is 3. The van der Waals surface area contributed by atoms with E-state index in [0.717, 1.165) is 0 Å². The lowest BCUT2D eigenvalue weighted by atomic mass is 10.1. The maximum absolute atomic E-state index is 10.5. The fourth-order valence-corrected chi connectivity index (χ4v) is 0.376. The second-order valence-electron chi connectivity index (χ2n) is 1.71. The molecule has 9 heavy (non-hydrogen) atoms. The quantitative estimate of drug-likeness (QED) is 0.532. The lowest BCUT2D eigenvalue weighted by Gasteiger charge is -2.01. The molecule has 0 aromatic heterocycles. The van der Waals surface area contributed by atoms with Crippen LogP contribution in [0.2, 0.25) is 0 Å². The van der Waals surface area contributed by atoms with Crippen LogP contribution in [0.15, 0.2) is 0 Å². The second kappa shape index (κ2) is 3.35. The van der Waals surface area contributed by atoms with E-state index in [1.165, 1.54) is 0 Å². The number of carbonyl (C=O) groups is 1. The third-order valence-electron chi connectivity index (χ3n) is 0.955. The minimum Gasteiger partial charge on any atom is -0.387 e. The van der Waals surface area contributed by atoms with Crippen molar-refractivity contribution < 1.29 is 9.90 Å². The highest BCUT2D eigenvalue weighted by molar-refractivity contribution is 6.40. The van der Waals surface area contributed by atoms with Gasteiger partial charge in [0.05, 0.1) is 6.10 Å². The molecule has 0 aliphatic carbocycles. The zero-order valence-electron chi connectivity index (χ0n) is 5.35. The summed E-state index contributed by atoms with van der Waals surface area (Å²) in [5.74, 6) is -0.350. The van der Waals surface area contributed by atoms with E-state index in [4.69, 9.17) is 10.5 Å². The Bertz CT molecular complexity index is 129. The van der Waals surface area contributed by atoms with Crippen LogP contribution in [0.25, 0.3) is 0 Å². The summed E-state index contributed by atoms with van der Waals surface area (Å²) in [5, 5.41) is 15.5. The highest BCUT2D eigenvalue weighted by Crippen LogP contribution is 1.89. The van der Waals surface area contributed by atoms with Crippen molar-refractivity contribution in [3.63, 3.8) is 0 Å². The zero-order valence-corrected chi connectivity index (χ0v) is 5.35. The highest BCUT2D eigenvalue weighted by Gasteiger charge is 2.11. The van der Waals surface area contributed by atoms with E-state index in [-0.39, 0.29) is 17.9 Å². The fourth-order valence-electron chi connectivity index (χ4n) is 0.376. The standard InChI is InChI=1S/C6H10NO2/c1-3-5(9)6(7)4(2)8/h4,7-8H,2-3H2,1H3. The largest absolute Gasteiger partial charge is 0.387 e. The second-order valence-corrected chi connectivity index (χ2v) is 1.71. The van der Waals surface area contributed by atoms with Crippen molar-refractivity contribution in [2.75, 3.05) is 0 Å². The van der Waals surface area contributed by atoms with Gasteiger partial charge in [-0.25, -0.2) is 0 Å². The van der Waals surface area contributed by atoms with Crippen molar-refractivity contribution in [1.82, 2.24) is 0 Å². The summed E-state index contributed by atoms with van der Waals surface area (Å²) in [6.07, 6.45) is -0.914. The van der Waals surface area contributed by atoms with E-state index in [1.807, 2.05) is 0 Å². The molecule has 0 aromatic carbocycles. The average molecular weight is 128 g/mol. The van der Waals surface area contributed by atoms with Gasteiger partial charge in [-0.15, -0.1) is 0 Å². The van der Waals surface area contributed by atoms with Gasteiger partial charge in [-0.2, -0.15) is 0 Å². The molecule has 1 atom stereocenters. The molecule has 0 amide bonds. The Balaban J connectivity index is 3.89. The maximum atomic E-state index is 10.5. The summed E-state index contributed by atoms with van der Waals surface area (Å²) in [6, 6.07) is 0. The van der Waals surface area contributed by atoms with Gasteiger partial charge in [0.25, 0.3) is 0 Å². The molecular weight excluding hydrogens is 118 g/mol. The predicted molar refractivity (Wildman–Crippen MR) is 34.4 cm³/mol. The minimum atomic E-state index is -1.17. The number of ketones is 1. The molecule has 0 saturated heterocycles. The first-order valence-electron chi connectivity index (χ1n) is 2.72. The van der Waals surface area contributed by atoms with E-state index >= 15 is 0 Å². The van der Waals surface area contributed by atoms with Gasteiger partial charge in [-0.3, -0.25) is 10.2 Å². The van der Waals surface area contributed by atoms with Crippen LogP contribution in [-0.2, 0) is 4.79 Å². The Morgan fingerprint density at radius 1 is 1.89 bits per heavy atom. The molecule has 0 heterocycles. The van der Waals surface area contributed by atoms with Crippen LogP contribution < -0.4 is 0 Å². The molecule has 1 unspecified atom stereocenters. The van der Waals surface area contributed by atoms with Gasteiger partial charge >= 0.3 is 0 Å². The molecule has 0 saturated carbocycles. The maximum Gasteiger partial charge on any atom is 0.178 e. The number of carbonyl (C=O) groups excluding carboxylic acids is 1. The Morgan fingerprint density at radius 3 is 2.44 bits per heavy atom. The first-order chi connectivity index (χ1) is 4.09. The van der Waals surface area contributed by atoms with Crippen LogP contribution >= 0.6 is 0 Å². The fraction of sp³-hybridized carbons (Fsp3) is 0.500. The van der Waals surface area contributed by atoms with E-state index in [0.29, 0.717) is 0 Å². The molecule has 3 heteroatoms. The van der Waals surface area contributed by atoms with Crippen molar-refractivity contribution >= 4 is 11.5 Å².